The van der Waals surface area contributed by atoms with Crippen LogP contribution in [0.15, 0.2) is 47.2 Å². The predicted molar refractivity (Wildman–Crippen MR) is 68.7 cm³/mol. The van der Waals surface area contributed by atoms with Crippen molar-refractivity contribution < 1.29 is 0 Å². The maximum absolute atomic E-state index is 4.49. The number of nitrogens with zero attached hydrogens (tertiary/aromatic N) is 5. The Hall–Kier alpha value is -2.15. The number of rotatable bonds is 3. The van der Waals surface area contributed by atoms with Crippen molar-refractivity contribution in [1.29, 1.82) is 0 Å². The highest BCUT2D eigenvalue weighted by molar-refractivity contribution is 7.99. The van der Waals surface area contributed by atoms with Gasteiger partial charge in [-0.15, -0.1) is 0 Å². The van der Waals surface area contributed by atoms with E-state index < -0.39 is 0 Å². The molecule has 3 aromatic rings. The third-order valence-corrected chi connectivity index (χ3v) is 3.23. The summed E-state index contributed by atoms with van der Waals surface area (Å²) >= 11 is 1.44. The van der Waals surface area contributed by atoms with Gasteiger partial charge in [-0.3, -0.25) is 4.98 Å². The van der Waals surface area contributed by atoms with Crippen LogP contribution in [0.1, 0.15) is 0 Å². The molecule has 0 aliphatic rings. The first-order valence-corrected chi connectivity index (χ1v) is 6.14. The molecule has 0 aliphatic carbocycles. The molecule has 0 aromatic carbocycles. The quantitative estimate of drug-likeness (QED) is 0.771. The van der Waals surface area contributed by atoms with E-state index in [1.165, 1.54) is 11.8 Å². The molecule has 0 amide bonds. The molecule has 90 valence electrons. The summed E-state index contributed by atoms with van der Waals surface area (Å²) in [7, 11) is 1.84. The van der Waals surface area contributed by atoms with Crippen molar-refractivity contribution in [2.24, 2.45) is 0 Å². The van der Waals surface area contributed by atoms with E-state index in [4.69, 9.17) is 0 Å². The van der Waals surface area contributed by atoms with Crippen molar-refractivity contribution in [2.45, 2.75) is 10.1 Å². The van der Waals surface area contributed by atoms with Gasteiger partial charge in [0.1, 0.15) is 15.9 Å². The van der Waals surface area contributed by atoms with Gasteiger partial charge < -0.3 is 9.72 Å². The summed E-state index contributed by atoms with van der Waals surface area (Å²) in [6.07, 6.45) is 10.5. The summed E-state index contributed by atoms with van der Waals surface area (Å²) < 4.78 is 1.93. The third-order valence-electron chi connectivity index (χ3n) is 2.34. The fourth-order valence-corrected chi connectivity index (χ4v) is 2.35. The molecule has 0 unspecified atom stereocenters. The second-order valence-electron chi connectivity index (χ2n) is 3.49. The number of hydrogen-bond donors (Lipinski definition) is 1. The molecular weight excluding hydrogens is 248 g/mol. The lowest BCUT2D eigenvalue weighted by atomic mass is 10.6. The van der Waals surface area contributed by atoms with Gasteiger partial charge in [0.15, 0.2) is 5.65 Å². The molecule has 0 saturated heterocycles. The van der Waals surface area contributed by atoms with E-state index >= 15 is 0 Å². The van der Waals surface area contributed by atoms with E-state index in [1.54, 1.807) is 24.8 Å². The molecule has 1 N–H and O–H groups in total. The molecule has 18 heavy (non-hydrogen) atoms. The Balaban J connectivity index is 2.07. The van der Waals surface area contributed by atoms with Gasteiger partial charge in [0, 0.05) is 31.8 Å². The standard InChI is InChI=1S/C11H10N6S/c1-12-8-7-17-5-4-15-10(17)11(16-8)18-9-6-13-2-3-14-9/h2-7,12H,1H3. The van der Waals surface area contributed by atoms with E-state index in [1.807, 2.05) is 23.8 Å². The lowest BCUT2D eigenvalue weighted by Gasteiger charge is -2.05. The molecule has 3 aromatic heterocycles. The average Bonchev–Trinajstić information content (AvgIpc) is 2.88. The van der Waals surface area contributed by atoms with Crippen LogP contribution in [0.2, 0.25) is 0 Å². The van der Waals surface area contributed by atoms with Crippen molar-refractivity contribution >= 4 is 23.2 Å². The molecule has 3 heterocycles. The highest BCUT2D eigenvalue weighted by Gasteiger charge is 2.09. The first kappa shape index (κ1) is 11.0. The number of fused-ring (bicyclic) bond motifs is 1. The molecular formula is C11H10N6S. The van der Waals surface area contributed by atoms with Gasteiger partial charge >= 0.3 is 0 Å². The van der Waals surface area contributed by atoms with Gasteiger partial charge in [-0.05, 0) is 11.8 Å². The number of anilines is 1. The molecule has 0 bridgehead atoms. The van der Waals surface area contributed by atoms with E-state index in [-0.39, 0.29) is 0 Å². The zero-order valence-electron chi connectivity index (χ0n) is 9.61. The minimum atomic E-state index is 0.784. The van der Waals surface area contributed by atoms with Crippen molar-refractivity contribution in [3.63, 3.8) is 0 Å². The highest BCUT2D eigenvalue weighted by Crippen LogP contribution is 2.27. The molecule has 0 fully saturated rings. The predicted octanol–water partition coefficient (Wildman–Crippen LogP) is 1.71. The molecule has 0 saturated carbocycles. The van der Waals surface area contributed by atoms with Gasteiger partial charge in [0.25, 0.3) is 0 Å². The van der Waals surface area contributed by atoms with Crippen LogP contribution in [0, 0.1) is 0 Å². The van der Waals surface area contributed by atoms with Crippen LogP contribution in [0.25, 0.3) is 5.65 Å². The van der Waals surface area contributed by atoms with Crippen LogP contribution in [-0.2, 0) is 0 Å². The Morgan fingerprint density at radius 2 is 2.17 bits per heavy atom. The maximum atomic E-state index is 4.49. The second-order valence-corrected chi connectivity index (χ2v) is 4.49. The first-order chi connectivity index (χ1) is 8.86. The number of aromatic nitrogens is 5. The smallest absolute Gasteiger partial charge is 0.170 e. The number of nitrogens with one attached hydrogen (secondary N) is 1. The molecule has 0 spiro atoms. The third kappa shape index (κ3) is 2.00. The summed E-state index contributed by atoms with van der Waals surface area (Å²) in [5, 5.41) is 4.62. The summed E-state index contributed by atoms with van der Waals surface area (Å²) in [5.41, 5.74) is 0.810. The Bertz CT molecular complexity index is 666. The minimum absolute atomic E-state index is 0.784. The average molecular weight is 258 g/mol. The Kier molecular flexibility index (Phi) is 2.81. The normalized spacial score (nSPS) is 10.7. The minimum Gasteiger partial charge on any atom is -0.372 e. The van der Waals surface area contributed by atoms with Gasteiger partial charge in [0.2, 0.25) is 0 Å². The SMILES string of the molecule is CNc1cn2ccnc2c(Sc2cnccn2)n1. The second kappa shape index (κ2) is 4.61. The van der Waals surface area contributed by atoms with Gasteiger partial charge in [0.05, 0.1) is 12.4 Å². The van der Waals surface area contributed by atoms with Crippen LogP contribution in [0.4, 0.5) is 5.82 Å². The highest BCUT2D eigenvalue weighted by atomic mass is 32.2. The molecule has 0 aliphatic heterocycles. The maximum Gasteiger partial charge on any atom is 0.170 e. The fourth-order valence-electron chi connectivity index (χ4n) is 1.53. The van der Waals surface area contributed by atoms with E-state index in [0.29, 0.717) is 0 Å². The summed E-state index contributed by atoms with van der Waals surface area (Å²) in [6, 6.07) is 0. The van der Waals surface area contributed by atoms with Gasteiger partial charge in [-0.1, -0.05) is 0 Å². The monoisotopic (exact) mass is 258 g/mol. The van der Waals surface area contributed by atoms with Gasteiger partial charge in [-0.2, -0.15) is 0 Å². The largest absolute Gasteiger partial charge is 0.372 e. The molecule has 3 rings (SSSR count). The van der Waals surface area contributed by atoms with Crippen molar-refractivity contribution in [3.05, 3.63) is 37.2 Å². The van der Waals surface area contributed by atoms with E-state index in [2.05, 4.69) is 25.3 Å². The van der Waals surface area contributed by atoms with E-state index in [0.717, 1.165) is 21.5 Å². The van der Waals surface area contributed by atoms with Crippen molar-refractivity contribution in [1.82, 2.24) is 24.3 Å². The molecule has 7 heteroatoms. The van der Waals surface area contributed by atoms with Crippen LogP contribution < -0.4 is 5.32 Å². The van der Waals surface area contributed by atoms with E-state index in [9.17, 15) is 0 Å². The summed E-state index contributed by atoms with van der Waals surface area (Å²) in [5.74, 6) is 0.784. The lowest BCUT2D eigenvalue weighted by Crippen LogP contribution is -1.98. The topological polar surface area (TPSA) is 68.0 Å². The van der Waals surface area contributed by atoms with Crippen molar-refractivity contribution in [3.8, 4) is 0 Å². The zero-order chi connectivity index (χ0) is 12.4. The van der Waals surface area contributed by atoms with Crippen LogP contribution in [-0.4, -0.2) is 31.4 Å². The molecule has 6 nitrogen and oxygen atoms in total. The Morgan fingerprint density at radius 3 is 2.94 bits per heavy atom. The Morgan fingerprint density at radius 1 is 1.22 bits per heavy atom. The van der Waals surface area contributed by atoms with Crippen LogP contribution in [0.3, 0.4) is 0 Å². The number of imidazole rings is 1. The summed E-state index contributed by atoms with van der Waals surface area (Å²) in [6.45, 7) is 0. The van der Waals surface area contributed by atoms with Crippen LogP contribution >= 0.6 is 11.8 Å². The molecule has 0 radical (unpaired) electrons. The first-order valence-electron chi connectivity index (χ1n) is 5.32. The summed E-state index contributed by atoms with van der Waals surface area (Å²) in [4.78, 5) is 17.0. The van der Waals surface area contributed by atoms with Crippen LogP contribution in [0.5, 0.6) is 0 Å². The van der Waals surface area contributed by atoms with Crippen molar-refractivity contribution in [2.75, 3.05) is 12.4 Å². The molecule has 0 atom stereocenters. The lowest BCUT2D eigenvalue weighted by molar-refractivity contribution is 1.01. The Labute approximate surface area is 108 Å². The number of hydrogen-bond acceptors (Lipinski definition) is 6. The van der Waals surface area contributed by atoms with Gasteiger partial charge in [-0.25, -0.2) is 15.0 Å². The zero-order valence-corrected chi connectivity index (χ0v) is 10.4. The fraction of sp³-hybridized carbons (Fsp3) is 0.0909.